The topological polar surface area (TPSA) is 36.0 Å². The van der Waals surface area contributed by atoms with Crippen LogP contribution in [0, 0.1) is 5.92 Å². The number of benzene rings is 4. The summed E-state index contributed by atoms with van der Waals surface area (Å²) >= 11 is 19.0. The molecular formula is C36H33Cl2N3O2S. The number of esters is 1. The lowest BCUT2D eigenvalue weighted by atomic mass is 9.89. The highest BCUT2D eigenvalue weighted by Gasteiger charge is 2.66. The van der Waals surface area contributed by atoms with E-state index in [-0.39, 0.29) is 5.97 Å². The molecule has 2 saturated heterocycles. The lowest BCUT2D eigenvalue weighted by Gasteiger charge is -2.43. The van der Waals surface area contributed by atoms with Crippen molar-refractivity contribution in [1.82, 2.24) is 9.80 Å². The molecule has 2 aliphatic rings. The molecule has 0 radical (unpaired) electrons. The first-order chi connectivity index (χ1) is 21.4. The minimum absolute atomic E-state index is 0.325. The molecule has 0 aromatic heterocycles. The molecule has 44 heavy (non-hydrogen) atoms. The second-order valence-electron chi connectivity index (χ2n) is 11.1. The highest BCUT2D eigenvalue weighted by atomic mass is 35.5. The number of methoxy groups -OCH3 is 1. The van der Waals surface area contributed by atoms with Gasteiger partial charge in [-0.25, -0.2) is 0 Å². The Kier molecular flexibility index (Phi) is 9.17. The minimum Gasteiger partial charge on any atom is -0.468 e. The molecule has 0 amide bonds. The highest BCUT2D eigenvalue weighted by molar-refractivity contribution is 7.80. The van der Waals surface area contributed by atoms with Gasteiger partial charge in [0.25, 0.3) is 0 Å². The lowest BCUT2D eigenvalue weighted by Crippen LogP contribution is -2.62. The third-order valence-electron chi connectivity index (χ3n) is 8.49. The summed E-state index contributed by atoms with van der Waals surface area (Å²) in [4.78, 5) is 21.6. The summed E-state index contributed by atoms with van der Waals surface area (Å²) in [5, 5.41) is 1.36. The summed E-state index contributed by atoms with van der Waals surface area (Å²) < 4.78 is 5.61. The van der Waals surface area contributed by atoms with Crippen LogP contribution in [0.5, 0.6) is 0 Å². The van der Waals surface area contributed by atoms with Crippen LogP contribution in [-0.4, -0.2) is 46.6 Å². The number of anilines is 1. The number of ether oxygens (including phenoxy) is 1. The van der Waals surface area contributed by atoms with Crippen LogP contribution >= 0.6 is 35.4 Å². The van der Waals surface area contributed by atoms with Crippen LogP contribution in [0.25, 0.3) is 0 Å². The van der Waals surface area contributed by atoms with Gasteiger partial charge in [-0.1, -0.05) is 114 Å². The molecule has 2 fully saturated rings. The van der Waals surface area contributed by atoms with E-state index in [1.807, 2.05) is 97.1 Å². The molecule has 1 spiro atoms. The molecule has 0 bridgehead atoms. The van der Waals surface area contributed by atoms with Crippen molar-refractivity contribution in [2.75, 3.05) is 25.1 Å². The van der Waals surface area contributed by atoms with Gasteiger partial charge < -0.3 is 9.64 Å². The van der Waals surface area contributed by atoms with Gasteiger partial charge in [0.1, 0.15) is 16.6 Å². The number of allylic oxidation sites excluding steroid dienone is 1. The van der Waals surface area contributed by atoms with Gasteiger partial charge in [0, 0.05) is 47.6 Å². The molecule has 0 saturated carbocycles. The van der Waals surface area contributed by atoms with E-state index in [1.165, 1.54) is 7.11 Å². The Morgan fingerprint density at radius 3 is 1.80 bits per heavy atom. The van der Waals surface area contributed by atoms with E-state index in [0.717, 1.165) is 28.1 Å². The maximum absolute atomic E-state index is 14.2. The van der Waals surface area contributed by atoms with Gasteiger partial charge in [-0.2, -0.15) is 0 Å². The van der Waals surface area contributed by atoms with Crippen molar-refractivity contribution in [2.24, 2.45) is 5.92 Å². The summed E-state index contributed by atoms with van der Waals surface area (Å²) in [5.74, 6) is -1.03. The van der Waals surface area contributed by atoms with Gasteiger partial charge in [0.05, 0.1) is 7.11 Å². The molecule has 5 nitrogen and oxygen atoms in total. The summed E-state index contributed by atoms with van der Waals surface area (Å²) in [6, 6.07) is 36.0. The number of carbonyl (C=O) groups is 1. The Morgan fingerprint density at radius 1 is 0.795 bits per heavy atom. The Hall–Kier alpha value is -3.52. The predicted octanol–water partition coefficient (Wildman–Crippen LogP) is 7.77. The second kappa shape index (κ2) is 13.2. The first-order valence-electron chi connectivity index (χ1n) is 14.6. The van der Waals surface area contributed by atoms with Crippen molar-refractivity contribution >= 4 is 52.1 Å². The number of thiocarbonyl (C=S) groups is 1. The molecule has 4 aromatic carbocycles. The second-order valence-corrected chi connectivity index (χ2v) is 12.3. The van der Waals surface area contributed by atoms with E-state index >= 15 is 0 Å². The summed E-state index contributed by atoms with van der Waals surface area (Å²) in [6.07, 6.45) is 2.78. The number of carbonyl (C=O) groups excluding carboxylic acids is 1. The summed E-state index contributed by atoms with van der Waals surface area (Å²) in [6.45, 7) is 2.57. The van der Waals surface area contributed by atoms with Crippen LogP contribution in [-0.2, 0) is 29.0 Å². The Morgan fingerprint density at radius 2 is 1.30 bits per heavy atom. The number of halogens is 2. The molecule has 1 atom stereocenters. The van der Waals surface area contributed by atoms with Gasteiger partial charge >= 0.3 is 5.97 Å². The van der Waals surface area contributed by atoms with Crippen molar-refractivity contribution in [2.45, 2.75) is 25.2 Å². The number of hydrogen-bond acceptors (Lipinski definition) is 5. The fourth-order valence-electron chi connectivity index (χ4n) is 6.47. The van der Waals surface area contributed by atoms with Crippen molar-refractivity contribution < 1.29 is 9.53 Å². The van der Waals surface area contributed by atoms with Crippen LogP contribution in [0.1, 0.15) is 16.7 Å². The van der Waals surface area contributed by atoms with E-state index in [2.05, 4.69) is 32.9 Å². The smallest absolute Gasteiger partial charge is 0.318 e. The zero-order chi connectivity index (χ0) is 30.7. The number of hydrogen-bond donors (Lipinski definition) is 0. The Labute approximate surface area is 274 Å². The molecular weight excluding hydrogens is 609 g/mol. The van der Waals surface area contributed by atoms with Crippen molar-refractivity contribution in [1.29, 1.82) is 0 Å². The maximum Gasteiger partial charge on any atom is 0.318 e. The van der Waals surface area contributed by atoms with Gasteiger partial charge in [-0.05, 0) is 59.5 Å². The third kappa shape index (κ3) is 5.81. The molecule has 0 N–H and O–H groups in total. The van der Waals surface area contributed by atoms with Crippen molar-refractivity contribution in [3.63, 3.8) is 0 Å². The molecule has 4 aromatic rings. The molecule has 2 heterocycles. The first-order valence-corrected chi connectivity index (χ1v) is 15.8. The van der Waals surface area contributed by atoms with Crippen molar-refractivity contribution in [3.8, 4) is 0 Å². The lowest BCUT2D eigenvalue weighted by molar-refractivity contribution is -0.150. The average molecular weight is 643 g/mol. The quantitative estimate of drug-likeness (QED) is 0.144. The van der Waals surface area contributed by atoms with Crippen LogP contribution in [0.2, 0.25) is 10.0 Å². The monoisotopic (exact) mass is 641 g/mol. The number of para-hydroxylation sites is 1. The number of rotatable bonds is 8. The van der Waals surface area contributed by atoms with E-state index < -0.39 is 11.6 Å². The van der Waals surface area contributed by atoms with Crippen LogP contribution in [0.4, 0.5) is 5.69 Å². The fourth-order valence-corrected chi connectivity index (χ4v) is 7.31. The summed E-state index contributed by atoms with van der Waals surface area (Å²) in [7, 11) is 1.46. The fraction of sp³-hybridized carbons (Fsp3) is 0.222. The SMILES string of the molecule is COC(=O)C1/C(=C\Cc2ccccc2)N(c2ccccc2)C(=S)C12N(Cc1ccc(Cl)cc1)CCN2Cc1ccc(Cl)cc1. The van der Waals surface area contributed by atoms with Gasteiger partial charge in [0.15, 0.2) is 0 Å². The zero-order valence-corrected chi connectivity index (χ0v) is 26.7. The van der Waals surface area contributed by atoms with Crippen LogP contribution in [0.15, 0.2) is 121 Å². The van der Waals surface area contributed by atoms with E-state index in [0.29, 0.717) is 47.6 Å². The number of nitrogens with zero attached hydrogens (tertiary/aromatic N) is 3. The van der Waals surface area contributed by atoms with E-state index in [4.69, 9.17) is 40.2 Å². The standard InChI is InChI=1S/C36H33Cl2N3O2S/c1-43-34(42)33-32(21-16-26-8-4-2-5-9-26)41(31-10-6-3-7-11-31)35(44)36(33)39(24-27-12-17-29(37)18-13-27)22-23-40(36)25-28-14-19-30(38)20-15-28/h2-15,17-21,33H,16,22-25H2,1H3/b32-21+. The highest BCUT2D eigenvalue weighted by Crippen LogP contribution is 2.50. The van der Waals surface area contributed by atoms with E-state index in [1.54, 1.807) is 0 Å². The first kappa shape index (κ1) is 30.5. The normalized spacial score (nSPS) is 19.2. The Balaban J connectivity index is 1.53. The maximum atomic E-state index is 14.2. The Bertz CT molecular complexity index is 1590. The average Bonchev–Trinajstić information content (AvgIpc) is 3.53. The van der Waals surface area contributed by atoms with E-state index in [9.17, 15) is 4.79 Å². The van der Waals surface area contributed by atoms with Crippen molar-refractivity contribution in [3.05, 3.63) is 148 Å². The molecule has 6 rings (SSSR count). The minimum atomic E-state index is -0.972. The zero-order valence-electron chi connectivity index (χ0n) is 24.4. The predicted molar refractivity (Wildman–Crippen MR) is 182 cm³/mol. The van der Waals surface area contributed by atoms with Gasteiger partial charge in [-0.3, -0.25) is 14.6 Å². The molecule has 224 valence electrons. The third-order valence-corrected chi connectivity index (χ3v) is 9.48. The molecule has 2 aliphatic heterocycles. The molecule has 0 aliphatic carbocycles. The van der Waals surface area contributed by atoms with Crippen LogP contribution < -0.4 is 4.90 Å². The molecule has 8 heteroatoms. The van der Waals surface area contributed by atoms with Gasteiger partial charge in [-0.15, -0.1) is 0 Å². The van der Waals surface area contributed by atoms with Crippen LogP contribution in [0.3, 0.4) is 0 Å². The van der Waals surface area contributed by atoms with Gasteiger partial charge in [0.2, 0.25) is 0 Å². The largest absolute Gasteiger partial charge is 0.468 e. The molecule has 1 unspecified atom stereocenters. The summed E-state index contributed by atoms with van der Waals surface area (Å²) in [5.41, 5.74) is 4.07.